The Morgan fingerprint density at radius 3 is 2.88 bits per heavy atom. The number of nitrogens with one attached hydrogen (secondary N) is 1. The van der Waals surface area contributed by atoms with E-state index in [4.69, 9.17) is 0 Å². The van der Waals surface area contributed by atoms with Crippen LogP contribution in [0.15, 0.2) is 48.7 Å². The van der Waals surface area contributed by atoms with Crippen LogP contribution in [0.25, 0.3) is 10.9 Å². The Labute approximate surface area is 98.1 Å². The average molecular weight is 226 g/mol. The summed E-state index contributed by atoms with van der Waals surface area (Å²) in [6, 6.07) is 12.7. The number of aromatic nitrogens is 2. The Hall–Kier alpha value is -2.16. The molecule has 0 saturated heterocycles. The zero-order valence-electron chi connectivity index (χ0n) is 9.15. The van der Waals surface area contributed by atoms with Crippen LogP contribution in [0.1, 0.15) is 11.1 Å². The third-order valence-corrected chi connectivity index (χ3v) is 2.86. The van der Waals surface area contributed by atoms with Gasteiger partial charge in [-0.1, -0.05) is 24.3 Å². The van der Waals surface area contributed by atoms with E-state index < -0.39 is 0 Å². The van der Waals surface area contributed by atoms with Crippen molar-refractivity contribution in [1.82, 2.24) is 10.2 Å². The predicted octanol–water partition coefficient (Wildman–Crippen LogP) is 3.29. The van der Waals surface area contributed by atoms with Gasteiger partial charge in [-0.3, -0.25) is 5.10 Å². The lowest BCUT2D eigenvalue weighted by atomic mass is 10.0. The summed E-state index contributed by atoms with van der Waals surface area (Å²) < 4.78 is 13.1. The molecule has 0 spiro atoms. The van der Waals surface area contributed by atoms with Crippen molar-refractivity contribution in [3.8, 4) is 0 Å². The summed E-state index contributed by atoms with van der Waals surface area (Å²) in [6.45, 7) is 0. The van der Waals surface area contributed by atoms with Gasteiger partial charge in [-0.15, -0.1) is 0 Å². The molecule has 0 fully saturated rings. The molecule has 84 valence electrons. The van der Waals surface area contributed by atoms with Crippen molar-refractivity contribution in [2.75, 3.05) is 0 Å². The Balaban J connectivity index is 2.02. The van der Waals surface area contributed by atoms with Gasteiger partial charge in [0.05, 0.1) is 11.7 Å². The molecule has 2 aromatic carbocycles. The first-order valence-corrected chi connectivity index (χ1v) is 5.48. The molecule has 0 atom stereocenters. The molecule has 3 heteroatoms. The molecule has 3 rings (SSSR count). The molecule has 0 aliphatic carbocycles. The summed E-state index contributed by atoms with van der Waals surface area (Å²) in [4.78, 5) is 0. The van der Waals surface area contributed by atoms with E-state index in [2.05, 4.69) is 10.2 Å². The van der Waals surface area contributed by atoms with E-state index in [0.29, 0.717) is 6.42 Å². The molecule has 1 aromatic heterocycles. The number of hydrogen-bond acceptors (Lipinski definition) is 1. The monoisotopic (exact) mass is 226 g/mol. The van der Waals surface area contributed by atoms with E-state index >= 15 is 0 Å². The van der Waals surface area contributed by atoms with E-state index in [1.807, 2.05) is 30.5 Å². The molecule has 3 aromatic rings. The number of fused-ring (bicyclic) bond motifs is 1. The van der Waals surface area contributed by atoms with Crippen LogP contribution in [-0.2, 0) is 6.42 Å². The van der Waals surface area contributed by atoms with Crippen molar-refractivity contribution in [1.29, 1.82) is 0 Å². The number of hydrogen-bond donors (Lipinski definition) is 1. The maximum atomic E-state index is 13.1. The van der Waals surface area contributed by atoms with Gasteiger partial charge in [-0.25, -0.2) is 4.39 Å². The highest BCUT2D eigenvalue weighted by molar-refractivity contribution is 5.81. The molecule has 2 nitrogen and oxygen atoms in total. The van der Waals surface area contributed by atoms with Crippen molar-refractivity contribution < 1.29 is 4.39 Å². The fourth-order valence-corrected chi connectivity index (χ4v) is 2.05. The van der Waals surface area contributed by atoms with Gasteiger partial charge in [0.2, 0.25) is 0 Å². The maximum Gasteiger partial charge on any atom is 0.123 e. The summed E-state index contributed by atoms with van der Waals surface area (Å²) in [5.74, 6) is -0.193. The molecule has 1 heterocycles. The molecule has 17 heavy (non-hydrogen) atoms. The Morgan fingerprint density at radius 2 is 2.00 bits per heavy atom. The van der Waals surface area contributed by atoms with Crippen LogP contribution >= 0.6 is 0 Å². The zero-order valence-corrected chi connectivity index (χ0v) is 9.15. The standard InChI is InChI=1S/C14H11FN2/c15-12-5-1-3-10(8-12)7-11-4-2-6-14-13(11)9-16-17-14/h1-6,8-9H,7H2,(H,16,17). The summed E-state index contributed by atoms with van der Waals surface area (Å²) in [5.41, 5.74) is 3.14. The lowest BCUT2D eigenvalue weighted by molar-refractivity contribution is 0.626. The van der Waals surface area contributed by atoms with Crippen molar-refractivity contribution in [3.63, 3.8) is 0 Å². The highest BCUT2D eigenvalue weighted by Gasteiger charge is 2.04. The van der Waals surface area contributed by atoms with E-state index in [9.17, 15) is 4.39 Å². The van der Waals surface area contributed by atoms with Crippen LogP contribution < -0.4 is 0 Å². The molecule has 0 saturated carbocycles. The summed E-state index contributed by atoms with van der Waals surface area (Å²) >= 11 is 0. The van der Waals surface area contributed by atoms with E-state index in [1.54, 1.807) is 12.1 Å². The minimum atomic E-state index is -0.193. The molecule has 0 radical (unpaired) electrons. The normalized spacial score (nSPS) is 10.9. The van der Waals surface area contributed by atoms with Crippen molar-refractivity contribution in [2.45, 2.75) is 6.42 Å². The van der Waals surface area contributed by atoms with Gasteiger partial charge >= 0.3 is 0 Å². The van der Waals surface area contributed by atoms with Gasteiger partial charge < -0.3 is 0 Å². The van der Waals surface area contributed by atoms with Gasteiger partial charge in [0.25, 0.3) is 0 Å². The molecule has 0 amide bonds. The summed E-state index contributed by atoms with van der Waals surface area (Å²) in [6.07, 6.45) is 2.53. The van der Waals surface area contributed by atoms with Crippen LogP contribution in [0.3, 0.4) is 0 Å². The van der Waals surface area contributed by atoms with E-state index in [-0.39, 0.29) is 5.82 Å². The van der Waals surface area contributed by atoms with Gasteiger partial charge in [0, 0.05) is 5.39 Å². The lowest BCUT2D eigenvalue weighted by Gasteiger charge is -2.03. The molecule has 0 unspecified atom stereocenters. The Morgan fingerprint density at radius 1 is 1.12 bits per heavy atom. The summed E-state index contributed by atoms with van der Waals surface area (Å²) in [5, 5.41) is 8.05. The van der Waals surface area contributed by atoms with Crippen LogP contribution in [-0.4, -0.2) is 10.2 Å². The fourth-order valence-electron chi connectivity index (χ4n) is 2.05. The van der Waals surface area contributed by atoms with Gasteiger partial charge in [0.15, 0.2) is 0 Å². The fraction of sp³-hybridized carbons (Fsp3) is 0.0714. The number of halogens is 1. The molecule has 0 aliphatic rings. The Kier molecular flexibility index (Phi) is 2.37. The van der Waals surface area contributed by atoms with Gasteiger partial charge in [0.1, 0.15) is 5.82 Å². The van der Waals surface area contributed by atoms with Gasteiger partial charge in [-0.05, 0) is 35.7 Å². The predicted molar refractivity (Wildman–Crippen MR) is 65.3 cm³/mol. The SMILES string of the molecule is Fc1cccc(Cc2cccc3[nH]ncc23)c1. The number of benzene rings is 2. The van der Waals surface area contributed by atoms with Crippen LogP contribution in [0.5, 0.6) is 0 Å². The first-order chi connectivity index (χ1) is 8.33. The number of nitrogens with zero attached hydrogens (tertiary/aromatic N) is 1. The lowest BCUT2D eigenvalue weighted by Crippen LogP contribution is -1.89. The zero-order chi connectivity index (χ0) is 11.7. The quantitative estimate of drug-likeness (QED) is 0.713. The minimum absolute atomic E-state index is 0.193. The second kappa shape index (κ2) is 4.01. The number of rotatable bonds is 2. The maximum absolute atomic E-state index is 13.1. The Bertz CT molecular complexity index is 658. The molecule has 0 aliphatic heterocycles. The number of H-pyrrole nitrogens is 1. The first kappa shape index (κ1) is 10.0. The average Bonchev–Trinajstić information content (AvgIpc) is 2.78. The highest BCUT2D eigenvalue weighted by Crippen LogP contribution is 2.19. The van der Waals surface area contributed by atoms with Crippen LogP contribution in [0, 0.1) is 5.82 Å². The smallest absolute Gasteiger partial charge is 0.123 e. The van der Waals surface area contributed by atoms with Crippen molar-refractivity contribution in [2.24, 2.45) is 0 Å². The van der Waals surface area contributed by atoms with Crippen molar-refractivity contribution in [3.05, 3.63) is 65.6 Å². The first-order valence-electron chi connectivity index (χ1n) is 5.48. The topological polar surface area (TPSA) is 28.7 Å². The molecule has 0 bridgehead atoms. The second-order valence-electron chi connectivity index (χ2n) is 4.06. The summed E-state index contributed by atoms with van der Waals surface area (Å²) in [7, 11) is 0. The largest absolute Gasteiger partial charge is 0.278 e. The van der Waals surface area contributed by atoms with Crippen LogP contribution in [0.2, 0.25) is 0 Å². The second-order valence-corrected chi connectivity index (χ2v) is 4.06. The third kappa shape index (κ3) is 1.91. The van der Waals surface area contributed by atoms with Gasteiger partial charge in [-0.2, -0.15) is 5.10 Å². The minimum Gasteiger partial charge on any atom is -0.278 e. The van der Waals surface area contributed by atoms with Crippen LogP contribution in [0.4, 0.5) is 4.39 Å². The molecule has 1 N–H and O–H groups in total. The van der Waals surface area contributed by atoms with Crippen molar-refractivity contribution >= 4 is 10.9 Å². The highest BCUT2D eigenvalue weighted by atomic mass is 19.1. The molecular formula is C14H11FN2. The van der Waals surface area contributed by atoms with E-state index in [0.717, 1.165) is 22.0 Å². The molecular weight excluding hydrogens is 215 g/mol. The van der Waals surface area contributed by atoms with E-state index in [1.165, 1.54) is 6.07 Å². The third-order valence-electron chi connectivity index (χ3n) is 2.86. The number of aromatic amines is 1.